The highest BCUT2D eigenvalue weighted by Crippen LogP contribution is 2.31. The Kier molecular flexibility index (Phi) is 3.42. The van der Waals surface area contributed by atoms with Gasteiger partial charge in [-0.2, -0.15) is 0 Å². The Hall–Kier alpha value is -0.410. The topological polar surface area (TPSA) is 24.9 Å². The Morgan fingerprint density at radius 3 is 2.80 bits per heavy atom. The van der Waals surface area contributed by atoms with Gasteiger partial charge in [0.1, 0.15) is 5.01 Å². The summed E-state index contributed by atoms with van der Waals surface area (Å²) in [5.74, 6) is 0.677. The monoisotopic (exact) mass is 224 g/mol. The highest BCUT2D eigenvalue weighted by Gasteiger charge is 2.29. The molecule has 3 heteroatoms. The molecule has 2 atom stereocenters. The molecule has 2 rings (SSSR count). The summed E-state index contributed by atoms with van der Waals surface area (Å²) in [6, 6.07) is 1.23. The quantitative estimate of drug-likeness (QED) is 0.830. The largest absolute Gasteiger partial charge is 0.305 e. The van der Waals surface area contributed by atoms with Gasteiger partial charge in [-0.1, -0.05) is 20.3 Å². The predicted molar refractivity (Wildman–Crippen MR) is 65.2 cm³/mol. The second-order valence-corrected chi connectivity index (χ2v) is 5.52. The molecule has 15 heavy (non-hydrogen) atoms. The maximum Gasteiger partial charge on any atom is 0.110 e. The molecule has 1 aliphatic rings. The fraction of sp³-hybridized carbons (Fsp3) is 0.750. The van der Waals surface area contributed by atoms with Gasteiger partial charge in [0.2, 0.25) is 0 Å². The number of aromatic nitrogens is 1. The van der Waals surface area contributed by atoms with Crippen LogP contribution in [0.3, 0.4) is 0 Å². The maximum atomic E-state index is 4.62. The van der Waals surface area contributed by atoms with E-state index >= 15 is 0 Å². The first kappa shape index (κ1) is 11.1. The van der Waals surface area contributed by atoms with E-state index in [2.05, 4.69) is 36.5 Å². The van der Waals surface area contributed by atoms with Crippen molar-refractivity contribution in [2.24, 2.45) is 5.92 Å². The summed E-state index contributed by atoms with van der Waals surface area (Å²) >= 11 is 1.80. The van der Waals surface area contributed by atoms with Gasteiger partial charge in [0.25, 0.3) is 0 Å². The number of nitrogens with zero attached hydrogens (tertiary/aromatic N) is 1. The van der Waals surface area contributed by atoms with Crippen LogP contribution in [0.1, 0.15) is 49.9 Å². The van der Waals surface area contributed by atoms with Crippen LogP contribution >= 0.6 is 11.3 Å². The van der Waals surface area contributed by atoms with Crippen molar-refractivity contribution in [2.75, 3.05) is 0 Å². The lowest BCUT2D eigenvalue weighted by atomic mass is 9.99. The minimum absolute atomic E-state index is 0.473. The molecule has 0 spiro atoms. The molecule has 1 aliphatic carbocycles. The number of hydrogen-bond acceptors (Lipinski definition) is 3. The average molecular weight is 224 g/mol. The van der Waals surface area contributed by atoms with Gasteiger partial charge in [-0.05, 0) is 25.7 Å². The molecule has 0 aromatic carbocycles. The van der Waals surface area contributed by atoms with Crippen molar-refractivity contribution in [3.05, 3.63) is 16.1 Å². The summed E-state index contributed by atoms with van der Waals surface area (Å²) in [5.41, 5.74) is 1.15. The summed E-state index contributed by atoms with van der Waals surface area (Å²) in [7, 11) is 0. The van der Waals surface area contributed by atoms with E-state index in [0.29, 0.717) is 12.0 Å². The number of nitrogens with one attached hydrogen (secondary N) is 1. The van der Waals surface area contributed by atoms with Crippen LogP contribution in [0.2, 0.25) is 0 Å². The summed E-state index contributed by atoms with van der Waals surface area (Å²) in [5, 5.41) is 7.14. The van der Waals surface area contributed by atoms with E-state index in [9.17, 15) is 0 Å². The van der Waals surface area contributed by atoms with Gasteiger partial charge in [0.15, 0.2) is 0 Å². The zero-order valence-electron chi connectivity index (χ0n) is 9.79. The first-order chi connectivity index (χ1) is 7.20. The molecule has 1 saturated carbocycles. The molecule has 0 radical (unpaired) electrons. The van der Waals surface area contributed by atoms with E-state index < -0.39 is 0 Å². The normalized spacial score (nSPS) is 20.2. The van der Waals surface area contributed by atoms with E-state index in [-0.39, 0.29) is 0 Å². The number of aryl methyl sites for hydroxylation is 1. The first-order valence-corrected chi connectivity index (χ1v) is 6.76. The van der Waals surface area contributed by atoms with E-state index in [4.69, 9.17) is 0 Å². The standard InChI is InChI=1S/C12H20N2S/c1-4-8(2)11(14-10-5-6-10)12-13-9(3)7-15-12/h7-8,10-11,14H,4-6H2,1-3H3. The molecular formula is C12H20N2S. The lowest BCUT2D eigenvalue weighted by molar-refractivity contribution is 0.372. The van der Waals surface area contributed by atoms with Gasteiger partial charge in [-0.15, -0.1) is 11.3 Å². The zero-order chi connectivity index (χ0) is 10.8. The summed E-state index contributed by atoms with van der Waals surface area (Å²) in [4.78, 5) is 4.62. The van der Waals surface area contributed by atoms with Crippen molar-refractivity contribution in [1.29, 1.82) is 0 Å². The third kappa shape index (κ3) is 2.79. The molecular weight excluding hydrogens is 204 g/mol. The minimum atomic E-state index is 0.473. The average Bonchev–Trinajstić information content (AvgIpc) is 2.96. The van der Waals surface area contributed by atoms with Crippen LogP contribution in [-0.4, -0.2) is 11.0 Å². The fourth-order valence-electron chi connectivity index (χ4n) is 1.73. The van der Waals surface area contributed by atoms with Crippen LogP contribution < -0.4 is 5.32 Å². The van der Waals surface area contributed by atoms with Gasteiger partial charge in [-0.3, -0.25) is 0 Å². The third-order valence-electron chi connectivity index (χ3n) is 3.11. The van der Waals surface area contributed by atoms with Crippen LogP contribution in [0.4, 0.5) is 0 Å². The van der Waals surface area contributed by atoms with Crippen LogP contribution in [0, 0.1) is 12.8 Å². The van der Waals surface area contributed by atoms with Gasteiger partial charge < -0.3 is 5.32 Å². The number of rotatable bonds is 5. The fourth-order valence-corrected chi connectivity index (χ4v) is 2.72. The Balaban J connectivity index is 2.09. The van der Waals surface area contributed by atoms with Crippen LogP contribution in [-0.2, 0) is 0 Å². The SMILES string of the molecule is CCC(C)C(NC1CC1)c1nc(C)cs1. The summed E-state index contributed by atoms with van der Waals surface area (Å²) in [6.07, 6.45) is 3.90. The molecule has 0 amide bonds. The van der Waals surface area contributed by atoms with Crippen molar-refractivity contribution < 1.29 is 0 Å². The molecule has 0 aliphatic heterocycles. The first-order valence-electron chi connectivity index (χ1n) is 5.88. The Labute approximate surface area is 96.1 Å². The zero-order valence-corrected chi connectivity index (χ0v) is 10.6. The second-order valence-electron chi connectivity index (χ2n) is 4.63. The van der Waals surface area contributed by atoms with Crippen molar-refractivity contribution in [1.82, 2.24) is 10.3 Å². The van der Waals surface area contributed by atoms with E-state index in [0.717, 1.165) is 11.7 Å². The second kappa shape index (κ2) is 4.62. The Bertz CT molecular complexity index is 317. The molecule has 2 unspecified atom stereocenters. The number of thiazole rings is 1. The van der Waals surface area contributed by atoms with E-state index in [1.165, 1.54) is 24.3 Å². The molecule has 1 fully saturated rings. The molecule has 1 heterocycles. The van der Waals surface area contributed by atoms with Gasteiger partial charge >= 0.3 is 0 Å². The lowest BCUT2D eigenvalue weighted by Gasteiger charge is -2.22. The van der Waals surface area contributed by atoms with Crippen LogP contribution in [0.5, 0.6) is 0 Å². The Morgan fingerprint density at radius 2 is 2.33 bits per heavy atom. The third-order valence-corrected chi connectivity index (χ3v) is 4.15. The Morgan fingerprint density at radius 1 is 1.60 bits per heavy atom. The highest BCUT2D eigenvalue weighted by atomic mass is 32.1. The van der Waals surface area contributed by atoms with Crippen molar-refractivity contribution in [3.8, 4) is 0 Å². The van der Waals surface area contributed by atoms with Crippen molar-refractivity contribution >= 4 is 11.3 Å². The molecule has 1 aromatic heterocycles. The van der Waals surface area contributed by atoms with Crippen LogP contribution in [0.25, 0.3) is 0 Å². The maximum absolute atomic E-state index is 4.62. The minimum Gasteiger partial charge on any atom is -0.305 e. The molecule has 2 nitrogen and oxygen atoms in total. The summed E-state index contributed by atoms with van der Waals surface area (Å²) in [6.45, 7) is 6.65. The molecule has 1 aromatic rings. The van der Waals surface area contributed by atoms with Gasteiger partial charge in [-0.25, -0.2) is 4.98 Å². The molecule has 0 saturated heterocycles. The van der Waals surface area contributed by atoms with E-state index in [1.807, 2.05) is 0 Å². The van der Waals surface area contributed by atoms with Crippen molar-refractivity contribution in [2.45, 2.75) is 52.1 Å². The highest BCUT2D eigenvalue weighted by molar-refractivity contribution is 7.09. The van der Waals surface area contributed by atoms with E-state index in [1.54, 1.807) is 11.3 Å². The number of hydrogen-bond donors (Lipinski definition) is 1. The molecule has 0 bridgehead atoms. The molecule has 84 valence electrons. The van der Waals surface area contributed by atoms with Crippen molar-refractivity contribution in [3.63, 3.8) is 0 Å². The van der Waals surface area contributed by atoms with Crippen LogP contribution in [0.15, 0.2) is 5.38 Å². The van der Waals surface area contributed by atoms with Gasteiger partial charge in [0, 0.05) is 17.1 Å². The molecule has 1 N–H and O–H groups in total. The summed E-state index contributed by atoms with van der Waals surface area (Å²) < 4.78 is 0. The lowest BCUT2D eigenvalue weighted by Crippen LogP contribution is -2.28. The van der Waals surface area contributed by atoms with Gasteiger partial charge in [0.05, 0.1) is 6.04 Å². The predicted octanol–water partition coefficient (Wildman–Crippen LogP) is 3.29. The smallest absolute Gasteiger partial charge is 0.110 e.